The van der Waals surface area contributed by atoms with Crippen molar-refractivity contribution >= 4 is 17.6 Å². The van der Waals surface area contributed by atoms with Crippen LogP contribution in [0.25, 0.3) is 0 Å². The van der Waals surface area contributed by atoms with Crippen LogP contribution in [0.4, 0.5) is 5.69 Å². The molecule has 5 heteroatoms. The lowest BCUT2D eigenvalue weighted by Gasteiger charge is -2.29. The van der Waals surface area contributed by atoms with Crippen LogP contribution in [-0.4, -0.2) is 23.0 Å². The first-order chi connectivity index (χ1) is 9.67. The zero-order valence-electron chi connectivity index (χ0n) is 12.6. The van der Waals surface area contributed by atoms with Crippen molar-refractivity contribution in [3.8, 4) is 0 Å². The van der Waals surface area contributed by atoms with Crippen LogP contribution in [0.1, 0.15) is 39.2 Å². The highest BCUT2D eigenvalue weighted by molar-refractivity contribution is 5.94. The number of carbonyl (C=O) groups excluding carboxylic acids is 1. The summed E-state index contributed by atoms with van der Waals surface area (Å²) >= 11 is 0. The van der Waals surface area contributed by atoms with Crippen LogP contribution in [0.3, 0.4) is 0 Å². The molecular weight excluding hydrogens is 268 g/mol. The fourth-order valence-electron chi connectivity index (χ4n) is 2.49. The quantitative estimate of drug-likeness (QED) is 0.739. The van der Waals surface area contributed by atoms with Gasteiger partial charge in [0.1, 0.15) is 6.04 Å². The monoisotopic (exact) mass is 290 g/mol. The van der Waals surface area contributed by atoms with Gasteiger partial charge in [0.15, 0.2) is 0 Å². The molecule has 1 aliphatic rings. The molecule has 0 saturated heterocycles. The molecule has 0 aliphatic heterocycles. The van der Waals surface area contributed by atoms with Gasteiger partial charge in [0.25, 0.3) is 0 Å². The van der Waals surface area contributed by atoms with Gasteiger partial charge in [-0.1, -0.05) is 32.9 Å². The molecule has 0 aromatic heterocycles. The van der Waals surface area contributed by atoms with Crippen molar-refractivity contribution in [3.63, 3.8) is 0 Å². The topological polar surface area (TPSA) is 92.4 Å². The summed E-state index contributed by atoms with van der Waals surface area (Å²) < 4.78 is 0. The van der Waals surface area contributed by atoms with Crippen molar-refractivity contribution < 1.29 is 14.7 Å². The highest BCUT2D eigenvalue weighted by Crippen LogP contribution is 2.48. The van der Waals surface area contributed by atoms with Crippen LogP contribution in [0.15, 0.2) is 24.3 Å². The Balaban J connectivity index is 2.20. The number of carboxylic acids is 1. The molecule has 0 radical (unpaired) electrons. The molecule has 0 heterocycles. The lowest BCUT2D eigenvalue weighted by molar-refractivity contribution is -0.145. The molecule has 1 aromatic rings. The fourth-order valence-corrected chi connectivity index (χ4v) is 2.49. The standard InChI is InChI=1S/C16H22N2O3/c1-15(2,3)12(13(19)20)18-14(21)16(8-9-16)10-4-6-11(17)7-5-10/h4-7,12H,8-9,17H2,1-3H3,(H,18,21)(H,19,20)/t12-/m0/s1. The fraction of sp³-hybridized carbons (Fsp3) is 0.500. The highest BCUT2D eigenvalue weighted by Gasteiger charge is 2.52. The third kappa shape index (κ3) is 3.01. The molecule has 2 rings (SSSR count). The van der Waals surface area contributed by atoms with E-state index in [4.69, 9.17) is 5.73 Å². The van der Waals surface area contributed by atoms with Crippen LogP contribution in [0.2, 0.25) is 0 Å². The summed E-state index contributed by atoms with van der Waals surface area (Å²) in [6, 6.07) is 6.31. The van der Waals surface area contributed by atoms with Crippen LogP contribution in [0, 0.1) is 5.41 Å². The molecule has 1 amide bonds. The van der Waals surface area contributed by atoms with Crippen molar-refractivity contribution in [2.24, 2.45) is 5.41 Å². The Morgan fingerprint density at radius 1 is 1.24 bits per heavy atom. The molecule has 114 valence electrons. The number of aliphatic carboxylic acids is 1. The molecule has 0 unspecified atom stereocenters. The Hall–Kier alpha value is -2.04. The Morgan fingerprint density at radius 3 is 2.14 bits per heavy atom. The number of carboxylic acid groups (broad SMARTS) is 1. The van der Waals surface area contributed by atoms with Gasteiger partial charge in [-0.3, -0.25) is 4.79 Å². The number of carbonyl (C=O) groups is 2. The number of benzene rings is 1. The number of amides is 1. The summed E-state index contributed by atoms with van der Waals surface area (Å²) in [5, 5.41) is 12.0. The number of hydrogen-bond donors (Lipinski definition) is 3. The largest absolute Gasteiger partial charge is 0.480 e. The van der Waals surface area contributed by atoms with Gasteiger partial charge in [0.05, 0.1) is 5.41 Å². The SMILES string of the molecule is CC(C)(C)[C@@H](NC(=O)C1(c2ccc(N)cc2)CC1)C(=O)O. The van der Waals surface area contributed by atoms with Crippen molar-refractivity contribution in [2.75, 3.05) is 5.73 Å². The molecule has 1 atom stereocenters. The zero-order valence-corrected chi connectivity index (χ0v) is 12.6. The molecule has 1 aromatic carbocycles. The van der Waals surface area contributed by atoms with Gasteiger partial charge in [-0.25, -0.2) is 4.79 Å². The maximum atomic E-state index is 12.6. The number of nitrogens with two attached hydrogens (primary N) is 1. The van der Waals surface area contributed by atoms with E-state index in [9.17, 15) is 14.7 Å². The van der Waals surface area contributed by atoms with Crippen LogP contribution >= 0.6 is 0 Å². The molecule has 1 fully saturated rings. The number of hydrogen-bond acceptors (Lipinski definition) is 3. The van der Waals surface area contributed by atoms with Crippen LogP contribution in [-0.2, 0) is 15.0 Å². The van der Waals surface area contributed by atoms with Gasteiger partial charge in [-0.15, -0.1) is 0 Å². The van der Waals surface area contributed by atoms with E-state index in [0.29, 0.717) is 5.69 Å². The van der Waals surface area contributed by atoms with E-state index < -0.39 is 22.8 Å². The minimum atomic E-state index is -1.01. The molecule has 0 spiro atoms. The van der Waals surface area contributed by atoms with E-state index in [1.165, 1.54) is 0 Å². The molecule has 4 N–H and O–H groups in total. The summed E-state index contributed by atoms with van der Waals surface area (Å²) in [4.78, 5) is 23.9. The number of nitrogens with one attached hydrogen (secondary N) is 1. The summed E-state index contributed by atoms with van der Waals surface area (Å²) in [5.41, 5.74) is 6.07. The second-order valence-electron chi connectivity index (χ2n) is 6.81. The Bertz CT molecular complexity index is 554. The lowest BCUT2D eigenvalue weighted by Crippen LogP contribution is -2.52. The highest BCUT2D eigenvalue weighted by atomic mass is 16.4. The van der Waals surface area contributed by atoms with Crippen molar-refractivity contribution in [3.05, 3.63) is 29.8 Å². The van der Waals surface area contributed by atoms with Crippen LogP contribution in [0.5, 0.6) is 0 Å². The summed E-state index contributed by atoms with van der Waals surface area (Å²) in [5.74, 6) is -1.22. The third-order valence-corrected chi connectivity index (χ3v) is 4.04. The van der Waals surface area contributed by atoms with Gasteiger partial charge >= 0.3 is 5.97 Å². The first kappa shape index (κ1) is 15.4. The van der Waals surface area contributed by atoms with Gasteiger partial charge in [-0.05, 0) is 36.0 Å². The maximum Gasteiger partial charge on any atom is 0.326 e. The first-order valence-electron chi connectivity index (χ1n) is 7.07. The number of rotatable bonds is 4. The normalized spacial score (nSPS) is 17.9. The van der Waals surface area contributed by atoms with Crippen molar-refractivity contribution in [1.29, 1.82) is 0 Å². The van der Waals surface area contributed by atoms with E-state index in [1.807, 2.05) is 12.1 Å². The summed E-state index contributed by atoms with van der Waals surface area (Å²) in [6.07, 6.45) is 1.47. The Kier molecular flexibility index (Phi) is 3.70. The van der Waals surface area contributed by atoms with E-state index >= 15 is 0 Å². The summed E-state index contributed by atoms with van der Waals surface area (Å²) in [6.45, 7) is 5.40. The number of anilines is 1. The Morgan fingerprint density at radius 2 is 1.76 bits per heavy atom. The average molecular weight is 290 g/mol. The predicted octanol–water partition coefficient (Wildman–Crippen LogP) is 1.92. The van der Waals surface area contributed by atoms with Gasteiger partial charge in [0, 0.05) is 5.69 Å². The molecular formula is C16H22N2O3. The second kappa shape index (κ2) is 5.06. The van der Waals surface area contributed by atoms with E-state index in [-0.39, 0.29) is 5.91 Å². The molecule has 21 heavy (non-hydrogen) atoms. The predicted molar refractivity (Wildman–Crippen MR) is 80.8 cm³/mol. The van der Waals surface area contributed by atoms with Gasteiger partial charge in [0.2, 0.25) is 5.91 Å². The molecule has 1 aliphatic carbocycles. The third-order valence-electron chi connectivity index (χ3n) is 4.04. The minimum Gasteiger partial charge on any atom is -0.480 e. The van der Waals surface area contributed by atoms with Crippen LogP contribution < -0.4 is 11.1 Å². The molecule has 5 nitrogen and oxygen atoms in total. The smallest absolute Gasteiger partial charge is 0.326 e. The van der Waals surface area contributed by atoms with Crippen molar-refractivity contribution in [1.82, 2.24) is 5.32 Å². The van der Waals surface area contributed by atoms with Gasteiger partial charge in [-0.2, -0.15) is 0 Å². The lowest BCUT2D eigenvalue weighted by atomic mass is 9.85. The summed E-state index contributed by atoms with van der Waals surface area (Å²) in [7, 11) is 0. The van der Waals surface area contributed by atoms with E-state index in [0.717, 1.165) is 18.4 Å². The number of nitrogen functional groups attached to an aromatic ring is 1. The maximum absolute atomic E-state index is 12.6. The molecule has 0 bridgehead atoms. The minimum absolute atomic E-state index is 0.213. The Labute approximate surface area is 124 Å². The molecule has 1 saturated carbocycles. The average Bonchev–Trinajstić information content (AvgIpc) is 3.16. The van der Waals surface area contributed by atoms with Crippen molar-refractivity contribution in [2.45, 2.75) is 45.1 Å². The van der Waals surface area contributed by atoms with E-state index in [2.05, 4.69) is 5.32 Å². The first-order valence-corrected chi connectivity index (χ1v) is 7.07. The second-order valence-corrected chi connectivity index (χ2v) is 6.81. The zero-order chi connectivity index (χ0) is 15.8. The van der Waals surface area contributed by atoms with E-state index in [1.54, 1.807) is 32.9 Å². The van der Waals surface area contributed by atoms with Gasteiger partial charge < -0.3 is 16.2 Å².